The number of carbonyl (C=O) groups is 2. The standard InChI is InChI=1S/C22H23ClFN3O3/c23-17-7-4-8-18(24)20(17)19(26-9-1-2-10-26)14-25-21(28)15-5-3-6-16(13-15)27-11-12-30-22(27)29/h3-8,13,19H,1-2,9-12,14H2,(H,25,28). The number of likely N-dealkylation sites (tertiary alicyclic amines) is 1. The van der Waals surface area contributed by atoms with E-state index in [2.05, 4.69) is 10.2 Å². The molecule has 0 radical (unpaired) electrons. The van der Waals surface area contributed by atoms with Crippen LogP contribution < -0.4 is 10.2 Å². The molecule has 1 N–H and O–H groups in total. The van der Waals surface area contributed by atoms with Crippen LogP contribution in [0.1, 0.15) is 34.8 Å². The molecule has 1 atom stereocenters. The Kier molecular flexibility index (Phi) is 6.20. The molecule has 4 rings (SSSR count). The number of amides is 2. The second kappa shape index (κ2) is 9.02. The Morgan fingerprint density at radius 1 is 1.17 bits per heavy atom. The van der Waals surface area contributed by atoms with Crippen LogP contribution in [-0.2, 0) is 4.74 Å². The summed E-state index contributed by atoms with van der Waals surface area (Å²) in [5.74, 6) is -0.663. The highest BCUT2D eigenvalue weighted by Gasteiger charge is 2.28. The summed E-state index contributed by atoms with van der Waals surface area (Å²) in [6, 6.07) is 11.1. The SMILES string of the molecule is O=C(NCC(c1c(F)cccc1Cl)N1CCCC1)c1cccc(N2CCOC2=O)c1. The minimum absolute atomic E-state index is 0.232. The summed E-state index contributed by atoms with van der Waals surface area (Å²) in [4.78, 5) is 28.3. The number of anilines is 1. The van der Waals surface area contributed by atoms with E-state index in [1.807, 2.05) is 0 Å². The zero-order valence-corrected chi connectivity index (χ0v) is 17.2. The van der Waals surface area contributed by atoms with E-state index in [1.165, 1.54) is 11.0 Å². The third-order valence-corrected chi connectivity index (χ3v) is 5.88. The molecule has 30 heavy (non-hydrogen) atoms. The third kappa shape index (κ3) is 4.27. The topological polar surface area (TPSA) is 61.9 Å². The Balaban J connectivity index is 1.51. The fraction of sp³-hybridized carbons (Fsp3) is 0.364. The Morgan fingerprint density at radius 2 is 1.93 bits per heavy atom. The van der Waals surface area contributed by atoms with Gasteiger partial charge >= 0.3 is 6.09 Å². The first-order valence-corrected chi connectivity index (χ1v) is 10.4. The number of nitrogens with zero attached hydrogens (tertiary/aromatic N) is 2. The second-order valence-electron chi connectivity index (χ2n) is 7.42. The first-order chi connectivity index (χ1) is 14.5. The van der Waals surface area contributed by atoms with Crippen LogP contribution in [0.3, 0.4) is 0 Å². The normalized spacial score (nSPS) is 17.8. The largest absolute Gasteiger partial charge is 0.447 e. The number of halogens is 2. The predicted octanol–water partition coefficient (Wildman–Crippen LogP) is 4.00. The quantitative estimate of drug-likeness (QED) is 0.750. The number of benzene rings is 2. The molecule has 6 nitrogen and oxygen atoms in total. The first kappa shape index (κ1) is 20.6. The van der Waals surface area contributed by atoms with Gasteiger partial charge in [-0.15, -0.1) is 0 Å². The molecule has 2 aliphatic heterocycles. The molecule has 2 aromatic rings. The number of cyclic esters (lactones) is 1. The molecule has 0 saturated carbocycles. The summed E-state index contributed by atoms with van der Waals surface area (Å²) in [6.45, 7) is 2.67. The number of carbonyl (C=O) groups excluding carboxylic acids is 2. The van der Waals surface area contributed by atoms with Crippen LogP contribution in [0, 0.1) is 5.82 Å². The Labute approximate surface area is 179 Å². The van der Waals surface area contributed by atoms with Gasteiger partial charge in [-0.2, -0.15) is 0 Å². The van der Waals surface area contributed by atoms with Crippen LogP contribution in [0.5, 0.6) is 0 Å². The Morgan fingerprint density at radius 3 is 2.63 bits per heavy atom. The maximum Gasteiger partial charge on any atom is 0.414 e. The lowest BCUT2D eigenvalue weighted by atomic mass is 10.0. The molecule has 0 aromatic heterocycles. The van der Waals surface area contributed by atoms with Crippen molar-refractivity contribution in [2.75, 3.05) is 37.7 Å². The van der Waals surface area contributed by atoms with Gasteiger partial charge in [-0.25, -0.2) is 9.18 Å². The van der Waals surface area contributed by atoms with Crippen molar-refractivity contribution in [3.05, 3.63) is 64.4 Å². The van der Waals surface area contributed by atoms with E-state index in [-0.39, 0.29) is 24.3 Å². The van der Waals surface area contributed by atoms with E-state index in [4.69, 9.17) is 16.3 Å². The Hall–Kier alpha value is -2.64. The molecule has 2 aliphatic rings. The lowest BCUT2D eigenvalue weighted by Gasteiger charge is -2.29. The molecule has 0 aliphatic carbocycles. The van der Waals surface area contributed by atoms with Crippen LogP contribution in [0.4, 0.5) is 14.9 Å². The number of nitrogens with one attached hydrogen (secondary N) is 1. The van der Waals surface area contributed by atoms with Gasteiger partial charge in [0.05, 0.1) is 12.6 Å². The van der Waals surface area contributed by atoms with Gasteiger partial charge in [0.15, 0.2) is 0 Å². The molecule has 2 saturated heterocycles. The van der Waals surface area contributed by atoms with E-state index in [1.54, 1.807) is 36.4 Å². The summed E-state index contributed by atoms with van der Waals surface area (Å²) in [7, 11) is 0. The average Bonchev–Trinajstić information content (AvgIpc) is 3.42. The summed E-state index contributed by atoms with van der Waals surface area (Å²) in [6.07, 6.45) is 1.64. The first-order valence-electron chi connectivity index (χ1n) is 10.0. The zero-order valence-electron chi connectivity index (χ0n) is 16.4. The van der Waals surface area contributed by atoms with Gasteiger partial charge in [0, 0.05) is 28.4 Å². The molecule has 8 heteroatoms. The number of ether oxygens (including phenoxy) is 1. The highest BCUT2D eigenvalue weighted by atomic mass is 35.5. The highest BCUT2D eigenvalue weighted by Crippen LogP contribution is 2.32. The van der Waals surface area contributed by atoms with Crippen LogP contribution in [0.25, 0.3) is 0 Å². The summed E-state index contributed by atoms with van der Waals surface area (Å²) < 4.78 is 19.6. The Bertz CT molecular complexity index is 929. The number of hydrogen-bond donors (Lipinski definition) is 1. The fourth-order valence-corrected chi connectivity index (χ4v) is 4.32. The summed E-state index contributed by atoms with van der Waals surface area (Å²) in [5.41, 5.74) is 1.44. The molecular weight excluding hydrogens is 409 g/mol. The summed E-state index contributed by atoms with van der Waals surface area (Å²) in [5, 5.41) is 3.27. The van der Waals surface area contributed by atoms with Gasteiger partial charge in [-0.3, -0.25) is 14.6 Å². The molecule has 2 fully saturated rings. The molecule has 2 aromatic carbocycles. The van der Waals surface area contributed by atoms with Crippen molar-refractivity contribution in [2.24, 2.45) is 0 Å². The molecule has 0 spiro atoms. The minimum Gasteiger partial charge on any atom is -0.447 e. The summed E-state index contributed by atoms with van der Waals surface area (Å²) >= 11 is 6.31. The molecule has 0 bridgehead atoms. The lowest BCUT2D eigenvalue weighted by Crippen LogP contribution is -2.37. The van der Waals surface area contributed by atoms with Gasteiger partial charge in [0.1, 0.15) is 12.4 Å². The smallest absolute Gasteiger partial charge is 0.414 e. The van der Waals surface area contributed by atoms with Crippen molar-refractivity contribution in [3.8, 4) is 0 Å². The van der Waals surface area contributed by atoms with Gasteiger partial charge < -0.3 is 10.1 Å². The van der Waals surface area contributed by atoms with E-state index >= 15 is 0 Å². The van der Waals surface area contributed by atoms with E-state index in [0.717, 1.165) is 25.9 Å². The maximum absolute atomic E-state index is 14.6. The van der Waals surface area contributed by atoms with Gasteiger partial charge in [-0.1, -0.05) is 23.7 Å². The average molecular weight is 432 g/mol. The van der Waals surface area contributed by atoms with Crippen molar-refractivity contribution in [3.63, 3.8) is 0 Å². The van der Waals surface area contributed by atoms with Gasteiger partial charge in [0.2, 0.25) is 0 Å². The molecular formula is C22H23ClFN3O3. The van der Waals surface area contributed by atoms with Crippen LogP contribution >= 0.6 is 11.6 Å². The van der Waals surface area contributed by atoms with Crippen LogP contribution in [0.2, 0.25) is 5.02 Å². The predicted molar refractivity (Wildman–Crippen MR) is 112 cm³/mol. The van der Waals surface area contributed by atoms with Crippen molar-refractivity contribution < 1.29 is 18.7 Å². The third-order valence-electron chi connectivity index (χ3n) is 5.55. The number of hydrogen-bond acceptors (Lipinski definition) is 4. The van der Waals surface area contributed by atoms with Crippen molar-refractivity contribution >= 4 is 29.3 Å². The number of rotatable bonds is 6. The second-order valence-corrected chi connectivity index (χ2v) is 7.83. The lowest BCUT2D eigenvalue weighted by molar-refractivity contribution is 0.0937. The van der Waals surface area contributed by atoms with Gasteiger partial charge in [0.25, 0.3) is 5.91 Å². The highest BCUT2D eigenvalue weighted by molar-refractivity contribution is 6.31. The van der Waals surface area contributed by atoms with Crippen molar-refractivity contribution in [2.45, 2.75) is 18.9 Å². The maximum atomic E-state index is 14.6. The van der Waals surface area contributed by atoms with E-state index in [9.17, 15) is 14.0 Å². The van der Waals surface area contributed by atoms with Crippen LogP contribution in [0.15, 0.2) is 42.5 Å². The molecule has 158 valence electrons. The van der Waals surface area contributed by atoms with E-state index < -0.39 is 6.09 Å². The monoisotopic (exact) mass is 431 g/mol. The minimum atomic E-state index is -0.421. The van der Waals surface area contributed by atoms with E-state index in [0.29, 0.717) is 35.0 Å². The molecule has 1 unspecified atom stereocenters. The van der Waals surface area contributed by atoms with Crippen LogP contribution in [-0.4, -0.2) is 49.7 Å². The fourth-order valence-electron chi connectivity index (χ4n) is 4.03. The zero-order chi connectivity index (χ0) is 21.1. The van der Waals surface area contributed by atoms with Crippen molar-refractivity contribution in [1.82, 2.24) is 10.2 Å². The van der Waals surface area contributed by atoms with Gasteiger partial charge in [-0.05, 0) is 56.3 Å². The molecule has 2 heterocycles. The molecule has 2 amide bonds. The van der Waals surface area contributed by atoms with Crippen molar-refractivity contribution in [1.29, 1.82) is 0 Å².